The summed E-state index contributed by atoms with van der Waals surface area (Å²) in [7, 11) is -1.53. The van der Waals surface area contributed by atoms with E-state index in [1.54, 1.807) is 0 Å². The summed E-state index contributed by atoms with van der Waals surface area (Å²) >= 11 is 0. The lowest BCUT2D eigenvalue weighted by Gasteiger charge is -2.37. The molecule has 0 N–H and O–H groups in total. The lowest BCUT2D eigenvalue weighted by atomic mass is 10.4. The zero-order valence-corrected chi connectivity index (χ0v) is 14.4. The van der Waals surface area contributed by atoms with Gasteiger partial charge in [-0.05, 0) is 29.3 Å². The van der Waals surface area contributed by atoms with Crippen molar-refractivity contribution in [2.24, 2.45) is 0 Å². The van der Waals surface area contributed by atoms with Crippen molar-refractivity contribution < 1.29 is 0 Å². The Labute approximate surface area is 140 Å². The van der Waals surface area contributed by atoms with Gasteiger partial charge in [0.15, 0.2) is 0 Å². The normalized spacial score (nSPS) is 10.8. The van der Waals surface area contributed by atoms with Crippen LogP contribution >= 0.6 is 19.7 Å². The van der Waals surface area contributed by atoms with Crippen molar-refractivity contribution >= 4 is 35.6 Å². The molecular weight excluding hydrogens is 307 g/mol. The van der Waals surface area contributed by atoms with Crippen LogP contribution in [0.1, 0.15) is 6.92 Å². The van der Waals surface area contributed by atoms with E-state index in [0.717, 1.165) is 6.16 Å². The van der Waals surface area contributed by atoms with Gasteiger partial charge in [-0.25, -0.2) is 0 Å². The Morgan fingerprint density at radius 2 is 0.818 bits per heavy atom. The molecule has 113 valence electrons. The quantitative estimate of drug-likeness (QED) is 0.622. The average molecular weight is 328 g/mol. The lowest BCUT2D eigenvalue weighted by molar-refractivity contribution is 1.48. The first kappa shape index (κ1) is 16.7. The van der Waals surface area contributed by atoms with Crippen LogP contribution in [0.25, 0.3) is 0 Å². The predicted molar refractivity (Wildman–Crippen MR) is 103 cm³/mol. The van der Waals surface area contributed by atoms with Crippen molar-refractivity contribution in [2.45, 2.75) is 6.92 Å². The van der Waals surface area contributed by atoms with E-state index < -0.39 is 7.26 Å². The summed E-state index contributed by atoms with van der Waals surface area (Å²) in [5, 5.41) is 4.39. The maximum Gasteiger partial charge on any atom is -0.0197 e. The summed E-state index contributed by atoms with van der Waals surface area (Å²) in [4.78, 5) is 0. The van der Waals surface area contributed by atoms with Gasteiger partial charge in [-0.15, -0.1) is 12.4 Å². The van der Waals surface area contributed by atoms with Crippen LogP contribution in [0.15, 0.2) is 91.0 Å². The SMILES string of the molecule is CC[P](c1ccccc1)(c1ccccc1)c1ccccc1.Cl. The maximum absolute atomic E-state index is 2.32. The van der Waals surface area contributed by atoms with Crippen LogP contribution in [0.3, 0.4) is 0 Å². The molecule has 0 atom stereocenters. The highest BCUT2D eigenvalue weighted by Gasteiger charge is 2.31. The Morgan fingerprint density at radius 3 is 1.05 bits per heavy atom. The van der Waals surface area contributed by atoms with Gasteiger partial charge >= 0.3 is 0 Å². The van der Waals surface area contributed by atoms with Crippen LogP contribution in [0, 0.1) is 0 Å². The molecule has 0 saturated carbocycles. The van der Waals surface area contributed by atoms with Gasteiger partial charge in [-0.2, -0.15) is 0 Å². The third-order valence-corrected chi connectivity index (χ3v) is 8.55. The highest BCUT2D eigenvalue weighted by atomic mass is 35.5. The standard InChI is InChI=1S/C20H20P.ClH/c1-2-21(18-12-6-3-7-13-18,19-14-8-4-9-15-19)20-16-10-5-11-17-20;/h3-17H,2H2,1H3;1H. The van der Waals surface area contributed by atoms with Gasteiger partial charge in [-0.3, -0.25) is 0 Å². The average Bonchev–Trinajstić information content (AvgIpc) is 2.59. The van der Waals surface area contributed by atoms with Crippen molar-refractivity contribution in [2.75, 3.05) is 6.16 Å². The summed E-state index contributed by atoms with van der Waals surface area (Å²) in [6, 6.07) is 33.0. The first-order chi connectivity index (χ1) is 10.4. The molecule has 0 unspecified atom stereocenters. The van der Waals surface area contributed by atoms with Crippen molar-refractivity contribution in [3.8, 4) is 0 Å². The number of hydrogen-bond acceptors (Lipinski definition) is 0. The Kier molecular flexibility index (Phi) is 5.77. The molecule has 0 heterocycles. The zero-order chi connectivity index (χ0) is 14.5. The zero-order valence-electron chi connectivity index (χ0n) is 12.7. The van der Waals surface area contributed by atoms with Crippen LogP contribution in [0.5, 0.6) is 0 Å². The van der Waals surface area contributed by atoms with Gasteiger partial charge in [0.25, 0.3) is 0 Å². The molecule has 0 spiro atoms. The molecule has 0 nitrogen and oxygen atoms in total. The molecule has 0 bridgehead atoms. The van der Waals surface area contributed by atoms with E-state index in [2.05, 4.69) is 97.9 Å². The molecule has 0 saturated heterocycles. The van der Waals surface area contributed by atoms with Crippen LogP contribution in [-0.4, -0.2) is 6.16 Å². The smallest absolute Gasteiger partial charge is 0.0197 e. The van der Waals surface area contributed by atoms with Crippen LogP contribution < -0.4 is 15.9 Å². The topological polar surface area (TPSA) is 0 Å². The Balaban J connectivity index is 0.00000176. The molecule has 2 heteroatoms. The molecule has 0 aliphatic rings. The predicted octanol–water partition coefficient (Wildman–Crippen LogP) is 4.42. The van der Waals surface area contributed by atoms with Gasteiger partial charge in [0, 0.05) is 0 Å². The van der Waals surface area contributed by atoms with Gasteiger partial charge in [0.05, 0.1) is 0 Å². The highest BCUT2D eigenvalue weighted by Crippen LogP contribution is 2.54. The molecule has 3 rings (SSSR count). The van der Waals surface area contributed by atoms with Gasteiger partial charge in [0.2, 0.25) is 0 Å². The van der Waals surface area contributed by atoms with Crippen LogP contribution in [0.2, 0.25) is 0 Å². The minimum Gasteiger partial charge on any atom is -0.147 e. The number of hydrogen-bond donors (Lipinski definition) is 0. The summed E-state index contributed by atoms with van der Waals surface area (Å²) in [5.74, 6) is 0. The molecule has 3 aromatic rings. The van der Waals surface area contributed by atoms with Crippen molar-refractivity contribution in [1.82, 2.24) is 0 Å². The molecule has 0 aliphatic heterocycles. The molecule has 0 amide bonds. The Hall–Kier alpha value is -1.62. The fraction of sp³-hybridized carbons (Fsp3) is 0.100. The van der Waals surface area contributed by atoms with Gasteiger partial charge < -0.3 is 0 Å². The van der Waals surface area contributed by atoms with Crippen LogP contribution in [-0.2, 0) is 0 Å². The fourth-order valence-electron chi connectivity index (χ4n) is 3.04. The van der Waals surface area contributed by atoms with E-state index in [1.807, 2.05) is 0 Å². The second-order valence-corrected chi connectivity index (χ2v) is 8.93. The van der Waals surface area contributed by atoms with E-state index >= 15 is 0 Å². The minimum absolute atomic E-state index is 0. The highest BCUT2D eigenvalue weighted by molar-refractivity contribution is 7.95. The van der Waals surface area contributed by atoms with Crippen molar-refractivity contribution in [3.05, 3.63) is 91.0 Å². The molecule has 22 heavy (non-hydrogen) atoms. The summed E-state index contributed by atoms with van der Waals surface area (Å²) in [6.07, 6.45) is 1.14. The van der Waals surface area contributed by atoms with E-state index in [-0.39, 0.29) is 12.4 Å². The largest absolute Gasteiger partial charge is 0.147 e. The molecular formula is C20H21ClP. The first-order valence-electron chi connectivity index (χ1n) is 7.43. The lowest BCUT2D eigenvalue weighted by Crippen LogP contribution is -2.32. The van der Waals surface area contributed by atoms with Crippen LogP contribution in [0.4, 0.5) is 0 Å². The van der Waals surface area contributed by atoms with Crippen molar-refractivity contribution in [3.63, 3.8) is 0 Å². The van der Waals surface area contributed by atoms with Gasteiger partial charge in [-0.1, -0.05) is 97.9 Å². The number of halogens is 1. The molecule has 0 aliphatic carbocycles. The van der Waals surface area contributed by atoms with E-state index in [4.69, 9.17) is 0 Å². The molecule has 3 aromatic carbocycles. The number of benzene rings is 3. The maximum atomic E-state index is 2.32. The van der Waals surface area contributed by atoms with E-state index in [9.17, 15) is 0 Å². The Morgan fingerprint density at radius 1 is 0.545 bits per heavy atom. The second kappa shape index (κ2) is 7.58. The monoisotopic (exact) mass is 327 g/mol. The minimum atomic E-state index is -1.53. The summed E-state index contributed by atoms with van der Waals surface area (Å²) in [5.41, 5.74) is 0. The second-order valence-electron chi connectivity index (χ2n) is 5.13. The molecule has 1 radical (unpaired) electrons. The number of rotatable bonds is 4. The molecule has 0 fully saturated rings. The first-order valence-corrected chi connectivity index (χ1v) is 9.40. The van der Waals surface area contributed by atoms with Crippen molar-refractivity contribution in [1.29, 1.82) is 0 Å². The van der Waals surface area contributed by atoms with E-state index in [0.29, 0.717) is 0 Å². The summed E-state index contributed by atoms with van der Waals surface area (Å²) < 4.78 is 0. The summed E-state index contributed by atoms with van der Waals surface area (Å²) in [6.45, 7) is 2.32. The third-order valence-electron chi connectivity index (χ3n) is 4.07. The fourth-order valence-corrected chi connectivity index (χ4v) is 7.08. The van der Waals surface area contributed by atoms with Gasteiger partial charge in [0.1, 0.15) is 0 Å². The van der Waals surface area contributed by atoms with E-state index in [1.165, 1.54) is 15.9 Å². The third kappa shape index (κ3) is 2.95. The Bertz CT molecular complexity index is 584. The molecule has 0 aromatic heterocycles.